The van der Waals surface area contributed by atoms with E-state index < -0.39 is 0 Å². The quantitative estimate of drug-likeness (QED) is 0.802. The minimum absolute atomic E-state index is 0.113. The molecule has 0 spiro atoms. The van der Waals surface area contributed by atoms with Gasteiger partial charge in [0.05, 0.1) is 0 Å². The van der Waals surface area contributed by atoms with Gasteiger partial charge in [-0.25, -0.2) is 0 Å². The van der Waals surface area contributed by atoms with Gasteiger partial charge in [-0.05, 0) is 29.9 Å². The standard InChI is InChI=1S/C14H19NO.C5H10/c1-3-7-13(10-11(2)14(15)16)12-8-5-4-6-9-12;1-2-5-3-4-5/h4-9,11H,3,10H2,1-2H3,(H2,15,16);5H,2-4H2,1H3/b13-7-;. The van der Waals surface area contributed by atoms with Crippen LogP contribution in [0.4, 0.5) is 0 Å². The molecule has 2 rings (SSSR count). The maximum absolute atomic E-state index is 11.1. The molecule has 1 aromatic rings. The molecule has 1 aliphatic rings. The summed E-state index contributed by atoms with van der Waals surface area (Å²) in [6.07, 6.45) is 8.28. The number of hydrogen-bond acceptors (Lipinski definition) is 1. The van der Waals surface area contributed by atoms with Crippen molar-refractivity contribution in [1.82, 2.24) is 0 Å². The summed E-state index contributed by atoms with van der Waals surface area (Å²) in [6.45, 7) is 6.23. The lowest BCUT2D eigenvalue weighted by molar-refractivity contribution is -0.121. The Morgan fingerprint density at radius 2 is 1.90 bits per heavy atom. The third-order valence-electron chi connectivity index (χ3n) is 3.88. The average molecular weight is 287 g/mol. The van der Waals surface area contributed by atoms with Crippen LogP contribution in [0.1, 0.15) is 58.4 Å². The molecule has 1 amide bonds. The van der Waals surface area contributed by atoms with Gasteiger partial charge in [0.15, 0.2) is 0 Å². The van der Waals surface area contributed by atoms with Crippen LogP contribution in [0, 0.1) is 11.8 Å². The van der Waals surface area contributed by atoms with Gasteiger partial charge in [0.2, 0.25) is 5.91 Å². The lowest BCUT2D eigenvalue weighted by atomic mass is 9.94. The van der Waals surface area contributed by atoms with Gasteiger partial charge < -0.3 is 5.73 Å². The smallest absolute Gasteiger partial charge is 0.220 e. The normalized spacial score (nSPS) is 15.9. The summed E-state index contributed by atoms with van der Waals surface area (Å²) in [4.78, 5) is 11.1. The van der Waals surface area contributed by atoms with Crippen LogP contribution < -0.4 is 5.73 Å². The number of carbonyl (C=O) groups excluding carboxylic acids is 1. The van der Waals surface area contributed by atoms with Crippen molar-refractivity contribution in [2.45, 2.75) is 52.9 Å². The van der Waals surface area contributed by atoms with E-state index in [1.807, 2.05) is 25.1 Å². The average Bonchev–Trinajstić information content (AvgIpc) is 3.32. The lowest BCUT2D eigenvalue weighted by Gasteiger charge is -2.11. The Morgan fingerprint density at radius 3 is 2.29 bits per heavy atom. The predicted molar refractivity (Wildman–Crippen MR) is 90.7 cm³/mol. The highest BCUT2D eigenvalue weighted by molar-refractivity contribution is 5.79. The van der Waals surface area contributed by atoms with E-state index in [4.69, 9.17) is 5.73 Å². The minimum Gasteiger partial charge on any atom is -0.369 e. The van der Waals surface area contributed by atoms with E-state index >= 15 is 0 Å². The van der Waals surface area contributed by atoms with Crippen molar-refractivity contribution < 1.29 is 4.79 Å². The van der Waals surface area contributed by atoms with Crippen LogP contribution in [-0.2, 0) is 4.79 Å². The summed E-state index contributed by atoms with van der Waals surface area (Å²) in [5, 5.41) is 0. The fourth-order valence-electron chi connectivity index (χ4n) is 2.17. The van der Waals surface area contributed by atoms with Gasteiger partial charge in [-0.3, -0.25) is 4.79 Å². The zero-order valence-corrected chi connectivity index (χ0v) is 13.6. The number of primary amides is 1. The number of hydrogen-bond donors (Lipinski definition) is 1. The first-order chi connectivity index (χ1) is 10.1. The van der Waals surface area contributed by atoms with Crippen molar-refractivity contribution in [3.63, 3.8) is 0 Å². The predicted octanol–water partition coefficient (Wildman–Crippen LogP) is 4.80. The summed E-state index contributed by atoms with van der Waals surface area (Å²) in [5.74, 6) is 0.783. The van der Waals surface area contributed by atoms with Crippen molar-refractivity contribution in [2.75, 3.05) is 0 Å². The van der Waals surface area contributed by atoms with Crippen molar-refractivity contribution in [1.29, 1.82) is 0 Å². The Kier molecular flexibility index (Phi) is 7.81. The van der Waals surface area contributed by atoms with Crippen LogP contribution in [0.15, 0.2) is 36.4 Å². The minimum atomic E-state index is -0.238. The Hall–Kier alpha value is -1.57. The molecule has 1 fully saturated rings. The number of benzene rings is 1. The van der Waals surface area contributed by atoms with Crippen LogP contribution in [0.3, 0.4) is 0 Å². The fourth-order valence-corrected chi connectivity index (χ4v) is 2.17. The zero-order chi connectivity index (χ0) is 15.7. The lowest BCUT2D eigenvalue weighted by Crippen LogP contribution is -2.20. The Morgan fingerprint density at radius 1 is 1.29 bits per heavy atom. The van der Waals surface area contributed by atoms with E-state index in [9.17, 15) is 4.79 Å². The molecule has 0 radical (unpaired) electrons. The Labute approximate surface area is 129 Å². The molecule has 1 saturated carbocycles. The van der Waals surface area contributed by atoms with Crippen LogP contribution in [0.2, 0.25) is 0 Å². The van der Waals surface area contributed by atoms with E-state index in [1.54, 1.807) is 0 Å². The first kappa shape index (κ1) is 17.5. The van der Waals surface area contributed by atoms with E-state index in [1.165, 1.54) is 30.4 Å². The van der Waals surface area contributed by atoms with Gasteiger partial charge in [0.25, 0.3) is 0 Å². The Bertz CT molecular complexity index is 446. The monoisotopic (exact) mass is 287 g/mol. The first-order valence-electron chi connectivity index (χ1n) is 8.12. The summed E-state index contributed by atoms with van der Waals surface area (Å²) >= 11 is 0. The van der Waals surface area contributed by atoms with E-state index in [0.29, 0.717) is 6.42 Å². The molecule has 0 aliphatic heterocycles. The second-order valence-electron chi connectivity index (χ2n) is 5.86. The molecule has 116 valence electrons. The SMILES string of the molecule is CC/C=C(/CC(C)C(N)=O)c1ccccc1.CCC1CC1. The number of rotatable bonds is 6. The second kappa shape index (κ2) is 9.38. The van der Waals surface area contributed by atoms with Crippen LogP contribution >= 0.6 is 0 Å². The van der Waals surface area contributed by atoms with Crippen LogP contribution in [-0.4, -0.2) is 5.91 Å². The molecule has 1 unspecified atom stereocenters. The van der Waals surface area contributed by atoms with Gasteiger partial charge in [0, 0.05) is 5.92 Å². The summed E-state index contributed by atoms with van der Waals surface area (Å²) in [6, 6.07) is 10.1. The van der Waals surface area contributed by atoms with E-state index in [0.717, 1.165) is 12.3 Å². The molecule has 0 bridgehead atoms. The number of allylic oxidation sites excluding steroid dienone is 2. The summed E-state index contributed by atoms with van der Waals surface area (Å²) < 4.78 is 0. The third kappa shape index (κ3) is 7.12. The molecule has 2 nitrogen and oxygen atoms in total. The molecule has 2 N–H and O–H groups in total. The first-order valence-corrected chi connectivity index (χ1v) is 8.12. The summed E-state index contributed by atoms with van der Waals surface area (Å²) in [5.41, 5.74) is 7.67. The number of carbonyl (C=O) groups is 1. The Balaban J connectivity index is 0.000000369. The molecule has 21 heavy (non-hydrogen) atoms. The molecule has 2 heteroatoms. The molecule has 0 aromatic heterocycles. The molecular formula is C19H29NO. The molecule has 1 aromatic carbocycles. The number of nitrogens with two attached hydrogens (primary N) is 1. The largest absolute Gasteiger partial charge is 0.369 e. The van der Waals surface area contributed by atoms with Gasteiger partial charge in [-0.2, -0.15) is 0 Å². The van der Waals surface area contributed by atoms with Crippen LogP contribution in [0.25, 0.3) is 5.57 Å². The number of amides is 1. The summed E-state index contributed by atoms with van der Waals surface area (Å²) in [7, 11) is 0. The van der Waals surface area contributed by atoms with Crippen molar-refractivity contribution in [3.8, 4) is 0 Å². The highest BCUT2D eigenvalue weighted by Gasteiger charge is 2.17. The molecule has 1 atom stereocenters. The van der Waals surface area contributed by atoms with Gasteiger partial charge in [-0.15, -0.1) is 0 Å². The zero-order valence-electron chi connectivity index (χ0n) is 13.6. The topological polar surface area (TPSA) is 43.1 Å². The maximum Gasteiger partial charge on any atom is 0.220 e. The third-order valence-corrected chi connectivity index (χ3v) is 3.88. The van der Waals surface area contributed by atoms with E-state index in [-0.39, 0.29) is 11.8 Å². The second-order valence-corrected chi connectivity index (χ2v) is 5.86. The highest BCUT2D eigenvalue weighted by atomic mass is 16.1. The van der Waals surface area contributed by atoms with Crippen LogP contribution in [0.5, 0.6) is 0 Å². The fraction of sp³-hybridized carbons (Fsp3) is 0.526. The van der Waals surface area contributed by atoms with Crippen molar-refractivity contribution in [2.24, 2.45) is 17.6 Å². The van der Waals surface area contributed by atoms with Crippen molar-refractivity contribution >= 4 is 11.5 Å². The van der Waals surface area contributed by atoms with Gasteiger partial charge in [0.1, 0.15) is 0 Å². The molecule has 0 saturated heterocycles. The molecular weight excluding hydrogens is 258 g/mol. The molecule has 1 aliphatic carbocycles. The maximum atomic E-state index is 11.1. The van der Waals surface area contributed by atoms with Gasteiger partial charge >= 0.3 is 0 Å². The van der Waals surface area contributed by atoms with Crippen molar-refractivity contribution in [3.05, 3.63) is 42.0 Å². The van der Waals surface area contributed by atoms with E-state index in [2.05, 4.69) is 32.1 Å². The highest BCUT2D eigenvalue weighted by Crippen LogP contribution is 2.31. The molecule has 0 heterocycles. The van der Waals surface area contributed by atoms with Gasteiger partial charge in [-0.1, -0.05) is 76.4 Å².